The van der Waals surface area contributed by atoms with Crippen molar-refractivity contribution in [1.82, 2.24) is 5.32 Å². The molecule has 6 heteroatoms. The van der Waals surface area contributed by atoms with E-state index in [9.17, 15) is 9.90 Å². The van der Waals surface area contributed by atoms with E-state index in [4.69, 9.17) is 9.47 Å². The number of halogens is 1. The van der Waals surface area contributed by atoms with Crippen molar-refractivity contribution >= 4 is 18.2 Å². The maximum absolute atomic E-state index is 13.5. The molecule has 0 radical (unpaired) electrons. The number of benzene rings is 4. The normalized spacial score (nSPS) is 11.0. The summed E-state index contributed by atoms with van der Waals surface area (Å²) >= 11 is 0. The number of nitrogens with one attached hydrogen (secondary N) is 1. The van der Waals surface area contributed by atoms with E-state index in [2.05, 4.69) is 19.2 Å². The minimum atomic E-state index is -0.363. The number of phenolic OH excluding ortho intramolecular Hbond substituents is 1. The van der Waals surface area contributed by atoms with Crippen molar-refractivity contribution in [3.8, 4) is 17.2 Å². The number of hydrogen-bond donors (Lipinski definition) is 2. The predicted molar refractivity (Wildman–Crippen MR) is 168 cm³/mol. The predicted octanol–water partition coefficient (Wildman–Crippen LogP) is 7.69. The van der Waals surface area contributed by atoms with Gasteiger partial charge in [-0.2, -0.15) is 0 Å². The molecule has 0 aromatic heterocycles. The zero-order chi connectivity index (χ0) is 28.7. The first kappa shape index (κ1) is 31.7. The SMILES string of the molecule is Cc1ccc(O)c(C)c1CC(C)(C)NCC(=O)c1ccc(OCc2ccccc2)c(OCc2ccccc2)c1C.Cl. The minimum Gasteiger partial charge on any atom is -0.508 e. The molecule has 0 aliphatic rings. The molecule has 4 aromatic carbocycles. The van der Waals surface area contributed by atoms with E-state index in [1.807, 2.05) is 99.6 Å². The van der Waals surface area contributed by atoms with Gasteiger partial charge in [-0.1, -0.05) is 66.7 Å². The second-order valence-electron chi connectivity index (χ2n) is 11.0. The number of aryl methyl sites for hydroxylation is 1. The standard InChI is InChI=1S/C35H39NO4.ClH/c1-24-16-18-31(37)25(2)30(24)20-35(4,5)36-21-32(38)29-17-19-33(39-22-27-12-8-6-9-13-27)34(26(29)3)40-23-28-14-10-7-11-15-28;/h6-19,36-37H,20-23H2,1-5H3;1H. The quantitative estimate of drug-likeness (QED) is 0.170. The minimum absolute atomic E-state index is 0. The molecule has 0 fully saturated rings. The zero-order valence-electron chi connectivity index (χ0n) is 24.5. The average Bonchev–Trinajstić information content (AvgIpc) is 2.95. The van der Waals surface area contributed by atoms with Gasteiger partial charge in [0.05, 0.1) is 6.54 Å². The van der Waals surface area contributed by atoms with Gasteiger partial charge in [-0.15, -0.1) is 12.4 Å². The van der Waals surface area contributed by atoms with Gasteiger partial charge < -0.3 is 19.9 Å². The Hall–Kier alpha value is -3.80. The lowest BCUT2D eigenvalue weighted by molar-refractivity contribution is 0.0979. The van der Waals surface area contributed by atoms with Crippen molar-refractivity contribution in [2.45, 2.75) is 59.8 Å². The Labute approximate surface area is 250 Å². The summed E-state index contributed by atoms with van der Waals surface area (Å²) < 4.78 is 12.4. The van der Waals surface area contributed by atoms with Crippen LogP contribution in [0.25, 0.3) is 0 Å². The van der Waals surface area contributed by atoms with Crippen LogP contribution in [0.3, 0.4) is 0 Å². The summed E-state index contributed by atoms with van der Waals surface area (Å²) in [5.74, 6) is 1.46. The molecule has 0 bridgehead atoms. The molecule has 216 valence electrons. The van der Waals surface area contributed by atoms with Crippen molar-refractivity contribution < 1.29 is 19.4 Å². The number of aromatic hydroxyl groups is 1. The third-order valence-corrected chi connectivity index (χ3v) is 7.28. The van der Waals surface area contributed by atoms with E-state index in [1.54, 1.807) is 6.07 Å². The number of Topliss-reactive ketones (excluding diaryl/α,β-unsaturated/α-hetero) is 1. The topological polar surface area (TPSA) is 67.8 Å². The first-order valence-corrected chi connectivity index (χ1v) is 13.7. The van der Waals surface area contributed by atoms with Crippen molar-refractivity contribution in [2.24, 2.45) is 0 Å². The van der Waals surface area contributed by atoms with Crippen LogP contribution in [0.15, 0.2) is 84.9 Å². The summed E-state index contributed by atoms with van der Waals surface area (Å²) in [5.41, 5.74) is 6.18. The van der Waals surface area contributed by atoms with E-state index >= 15 is 0 Å². The van der Waals surface area contributed by atoms with Crippen LogP contribution in [-0.4, -0.2) is 23.0 Å². The maximum atomic E-state index is 13.5. The van der Waals surface area contributed by atoms with Crippen LogP contribution in [0.1, 0.15) is 57.6 Å². The summed E-state index contributed by atoms with van der Waals surface area (Å²) in [5, 5.41) is 13.6. The van der Waals surface area contributed by atoms with Gasteiger partial charge in [0, 0.05) is 16.7 Å². The molecule has 4 rings (SSSR count). The van der Waals surface area contributed by atoms with Crippen LogP contribution in [0.4, 0.5) is 0 Å². The summed E-state index contributed by atoms with van der Waals surface area (Å²) in [6, 6.07) is 27.2. The molecule has 0 heterocycles. The Bertz CT molecular complexity index is 1450. The van der Waals surface area contributed by atoms with E-state index in [1.165, 1.54) is 0 Å². The van der Waals surface area contributed by atoms with Crippen LogP contribution in [0, 0.1) is 20.8 Å². The molecule has 0 atom stereocenters. The fourth-order valence-electron chi connectivity index (χ4n) is 4.80. The van der Waals surface area contributed by atoms with Crippen molar-refractivity contribution in [3.05, 3.63) is 124 Å². The largest absolute Gasteiger partial charge is 0.508 e. The third kappa shape index (κ3) is 8.35. The molecular formula is C35H40ClNO4. The number of ether oxygens (including phenoxy) is 2. The lowest BCUT2D eigenvalue weighted by Gasteiger charge is -2.28. The molecular weight excluding hydrogens is 534 g/mol. The van der Waals surface area contributed by atoms with Gasteiger partial charge in [0.15, 0.2) is 17.3 Å². The number of ketones is 1. The summed E-state index contributed by atoms with van der Waals surface area (Å²) in [7, 11) is 0. The molecule has 0 spiro atoms. The van der Waals surface area contributed by atoms with Crippen molar-refractivity contribution in [1.29, 1.82) is 0 Å². The Morgan fingerprint density at radius 1 is 0.780 bits per heavy atom. The van der Waals surface area contributed by atoms with Crippen molar-refractivity contribution in [2.75, 3.05) is 6.54 Å². The summed E-state index contributed by atoms with van der Waals surface area (Å²) in [4.78, 5) is 13.5. The van der Waals surface area contributed by atoms with Crippen LogP contribution < -0.4 is 14.8 Å². The van der Waals surface area contributed by atoms with E-state index in [0.29, 0.717) is 42.4 Å². The van der Waals surface area contributed by atoms with Gasteiger partial charge in [0.25, 0.3) is 0 Å². The Morgan fingerprint density at radius 2 is 1.37 bits per heavy atom. The highest BCUT2D eigenvalue weighted by Crippen LogP contribution is 2.35. The van der Waals surface area contributed by atoms with Crippen LogP contribution in [0.5, 0.6) is 17.2 Å². The molecule has 0 aliphatic heterocycles. The fourth-order valence-corrected chi connectivity index (χ4v) is 4.80. The summed E-state index contributed by atoms with van der Waals surface area (Å²) in [6.45, 7) is 11.0. The molecule has 0 aliphatic carbocycles. The first-order valence-electron chi connectivity index (χ1n) is 13.7. The second kappa shape index (κ2) is 14.2. The monoisotopic (exact) mass is 573 g/mol. The molecule has 2 N–H and O–H groups in total. The average molecular weight is 574 g/mol. The number of carbonyl (C=O) groups excluding carboxylic acids is 1. The fraction of sp³-hybridized carbons (Fsp3) is 0.286. The van der Waals surface area contributed by atoms with E-state index in [-0.39, 0.29) is 30.3 Å². The Kier molecular flexibility index (Phi) is 11.0. The third-order valence-electron chi connectivity index (χ3n) is 7.28. The van der Waals surface area contributed by atoms with Crippen LogP contribution in [0.2, 0.25) is 0 Å². The van der Waals surface area contributed by atoms with E-state index < -0.39 is 0 Å². The van der Waals surface area contributed by atoms with Gasteiger partial charge >= 0.3 is 0 Å². The Morgan fingerprint density at radius 3 is 1.98 bits per heavy atom. The molecule has 0 amide bonds. The molecule has 0 unspecified atom stereocenters. The molecule has 4 aromatic rings. The zero-order valence-corrected chi connectivity index (χ0v) is 25.3. The Balaban J connectivity index is 0.00000462. The van der Waals surface area contributed by atoms with Crippen LogP contribution in [-0.2, 0) is 19.6 Å². The maximum Gasteiger partial charge on any atom is 0.177 e. The lowest BCUT2D eigenvalue weighted by Crippen LogP contribution is -2.44. The number of carbonyl (C=O) groups is 1. The molecule has 41 heavy (non-hydrogen) atoms. The summed E-state index contributed by atoms with van der Waals surface area (Å²) in [6.07, 6.45) is 0.684. The number of phenols is 1. The lowest BCUT2D eigenvalue weighted by atomic mass is 9.89. The highest BCUT2D eigenvalue weighted by Gasteiger charge is 2.24. The smallest absolute Gasteiger partial charge is 0.177 e. The van der Waals surface area contributed by atoms with Crippen molar-refractivity contribution in [3.63, 3.8) is 0 Å². The molecule has 0 saturated carbocycles. The number of rotatable bonds is 12. The van der Waals surface area contributed by atoms with Gasteiger partial charge in [0.1, 0.15) is 19.0 Å². The second-order valence-corrected chi connectivity index (χ2v) is 11.0. The van der Waals surface area contributed by atoms with Crippen LogP contribution >= 0.6 is 12.4 Å². The van der Waals surface area contributed by atoms with Gasteiger partial charge in [-0.25, -0.2) is 0 Å². The van der Waals surface area contributed by atoms with Gasteiger partial charge in [-0.05, 0) is 87.1 Å². The molecule has 5 nitrogen and oxygen atoms in total. The van der Waals surface area contributed by atoms with Gasteiger partial charge in [0.2, 0.25) is 0 Å². The first-order chi connectivity index (χ1) is 19.1. The van der Waals surface area contributed by atoms with Gasteiger partial charge in [-0.3, -0.25) is 4.79 Å². The van der Waals surface area contributed by atoms with E-state index in [0.717, 1.165) is 33.4 Å². The highest BCUT2D eigenvalue weighted by molar-refractivity contribution is 5.99. The number of hydrogen-bond acceptors (Lipinski definition) is 5. The highest BCUT2D eigenvalue weighted by atomic mass is 35.5. The molecule has 0 saturated heterocycles.